The zero-order valence-electron chi connectivity index (χ0n) is 18.8. The van der Waals surface area contributed by atoms with Crippen LogP contribution in [0.4, 0.5) is 0 Å². The summed E-state index contributed by atoms with van der Waals surface area (Å²) in [6, 6.07) is 3.43. The standard InChI is InChI=1S/C26H37N3O2/c1-2-3-4-5-6-7-8-9-10-11-12-13-14-15-16-19-25(30)28-21-22-29-26(31)24-18-17-20-27-23-24/h3-10,17-18,20,23H,2,11-16,19,21-22H2,1H3,(H,28,30)(H,29,31)/b4-3-,6-5+,8-7+,10-9-. The third-order valence-electron chi connectivity index (χ3n) is 4.49. The van der Waals surface area contributed by atoms with Gasteiger partial charge in [-0.05, 0) is 37.8 Å². The number of amides is 2. The van der Waals surface area contributed by atoms with E-state index in [1.54, 1.807) is 18.3 Å². The maximum Gasteiger partial charge on any atom is 0.252 e. The number of rotatable bonds is 16. The van der Waals surface area contributed by atoms with Crippen molar-refractivity contribution in [3.8, 4) is 0 Å². The maximum atomic E-state index is 11.8. The molecule has 5 nitrogen and oxygen atoms in total. The molecule has 0 atom stereocenters. The highest BCUT2D eigenvalue weighted by molar-refractivity contribution is 5.93. The summed E-state index contributed by atoms with van der Waals surface area (Å²) in [4.78, 5) is 27.6. The fourth-order valence-corrected chi connectivity index (χ4v) is 2.79. The molecule has 0 aliphatic carbocycles. The Labute approximate surface area is 187 Å². The van der Waals surface area contributed by atoms with Gasteiger partial charge in [0.05, 0.1) is 5.56 Å². The van der Waals surface area contributed by atoms with E-state index in [9.17, 15) is 9.59 Å². The van der Waals surface area contributed by atoms with E-state index in [0.717, 1.165) is 32.1 Å². The highest BCUT2D eigenvalue weighted by atomic mass is 16.2. The Balaban J connectivity index is 1.91. The molecule has 31 heavy (non-hydrogen) atoms. The van der Waals surface area contributed by atoms with Crippen LogP contribution in [0.2, 0.25) is 0 Å². The monoisotopic (exact) mass is 423 g/mol. The molecule has 5 heteroatoms. The summed E-state index contributed by atoms with van der Waals surface area (Å²) in [5.74, 6) is -0.130. The lowest BCUT2D eigenvalue weighted by Gasteiger charge is -2.07. The zero-order valence-corrected chi connectivity index (χ0v) is 18.8. The van der Waals surface area contributed by atoms with E-state index in [1.165, 1.54) is 19.0 Å². The maximum absolute atomic E-state index is 11.8. The van der Waals surface area contributed by atoms with Gasteiger partial charge >= 0.3 is 0 Å². The number of hydrogen-bond acceptors (Lipinski definition) is 3. The molecular weight excluding hydrogens is 386 g/mol. The minimum absolute atomic E-state index is 0.0459. The van der Waals surface area contributed by atoms with E-state index in [1.807, 2.05) is 18.2 Å². The molecule has 0 bridgehead atoms. The third kappa shape index (κ3) is 15.5. The first kappa shape index (κ1) is 26.1. The highest BCUT2D eigenvalue weighted by Gasteiger charge is 2.04. The van der Waals surface area contributed by atoms with E-state index >= 15 is 0 Å². The van der Waals surface area contributed by atoms with Crippen molar-refractivity contribution >= 4 is 11.8 Å². The number of nitrogens with zero attached hydrogens (tertiary/aromatic N) is 1. The zero-order chi connectivity index (χ0) is 22.4. The van der Waals surface area contributed by atoms with Gasteiger partial charge in [0, 0.05) is 31.9 Å². The van der Waals surface area contributed by atoms with Gasteiger partial charge in [0.2, 0.25) is 5.91 Å². The van der Waals surface area contributed by atoms with E-state index in [2.05, 4.69) is 52.9 Å². The van der Waals surface area contributed by atoms with Crippen molar-refractivity contribution in [1.29, 1.82) is 0 Å². The average Bonchev–Trinajstić information content (AvgIpc) is 2.79. The Morgan fingerprint density at radius 2 is 1.55 bits per heavy atom. The first-order chi connectivity index (χ1) is 15.2. The van der Waals surface area contributed by atoms with Crippen LogP contribution in [0.5, 0.6) is 0 Å². The molecule has 1 aromatic rings. The Morgan fingerprint density at radius 3 is 2.29 bits per heavy atom. The van der Waals surface area contributed by atoms with Crippen LogP contribution in [0.15, 0.2) is 73.1 Å². The molecule has 0 saturated carbocycles. The summed E-state index contributed by atoms with van der Waals surface area (Å²) >= 11 is 0. The fraction of sp³-hybridized carbons (Fsp3) is 0.423. The van der Waals surface area contributed by atoms with Crippen molar-refractivity contribution in [2.24, 2.45) is 0 Å². The van der Waals surface area contributed by atoms with E-state index in [-0.39, 0.29) is 11.8 Å². The number of pyridine rings is 1. The van der Waals surface area contributed by atoms with Crippen molar-refractivity contribution in [2.45, 2.75) is 58.3 Å². The fourth-order valence-electron chi connectivity index (χ4n) is 2.79. The Morgan fingerprint density at radius 1 is 0.871 bits per heavy atom. The Kier molecular flexibility index (Phi) is 16.0. The average molecular weight is 424 g/mol. The van der Waals surface area contributed by atoms with E-state index < -0.39 is 0 Å². The summed E-state index contributed by atoms with van der Waals surface area (Å²) in [5.41, 5.74) is 0.522. The second-order valence-electron chi connectivity index (χ2n) is 7.19. The van der Waals surface area contributed by atoms with Crippen molar-refractivity contribution in [1.82, 2.24) is 15.6 Å². The first-order valence-corrected chi connectivity index (χ1v) is 11.3. The number of carbonyl (C=O) groups is 2. The number of hydrogen-bond donors (Lipinski definition) is 2. The first-order valence-electron chi connectivity index (χ1n) is 11.3. The van der Waals surface area contributed by atoms with Crippen LogP contribution in [0.1, 0.15) is 68.6 Å². The van der Waals surface area contributed by atoms with Gasteiger partial charge in [-0.25, -0.2) is 0 Å². The van der Waals surface area contributed by atoms with Crippen molar-refractivity contribution in [3.05, 3.63) is 78.7 Å². The van der Waals surface area contributed by atoms with Crippen molar-refractivity contribution < 1.29 is 9.59 Å². The SMILES string of the molecule is CC\C=C/C=C/C=C/C=C\CCCCCCCC(=O)NCCNC(=O)c1cccnc1. The van der Waals surface area contributed by atoms with Crippen molar-refractivity contribution in [3.63, 3.8) is 0 Å². The molecule has 1 rings (SSSR count). The molecular formula is C26H37N3O2. The third-order valence-corrected chi connectivity index (χ3v) is 4.49. The molecule has 0 saturated heterocycles. The molecule has 0 aliphatic heterocycles. The van der Waals surface area contributed by atoms with E-state index in [0.29, 0.717) is 25.1 Å². The molecule has 0 spiro atoms. The Hall–Kier alpha value is -2.95. The molecule has 168 valence electrons. The largest absolute Gasteiger partial charge is 0.354 e. The minimum atomic E-state index is -0.176. The van der Waals surface area contributed by atoms with Gasteiger partial charge in [0.1, 0.15) is 0 Å². The van der Waals surface area contributed by atoms with Gasteiger partial charge < -0.3 is 10.6 Å². The summed E-state index contributed by atoms with van der Waals surface area (Å²) in [6.07, 6.45) is 28.0. The molecule has 2 amide bonds. The summed E-state index contributed by atoms with van der Waals surface area (Å²) in [7, 11) is 0. The van der Waals surface area contributed by atoms with Crippen LogP contribution < -0.4 is 10.6 Å². The second-order valence-corrected chi connectivity index (χ2v) is 7.19. The smallest absolute Gasteiger partial charge is 0.252 e. The lowest BCUT2D eigenvalue weighted by Crippen LogP contribution is -2.34. The van der Waals surface area contributed by atoms with Gasteiger partial charge in [-0.15, -0.1) is 0 Å². The van der Waals surface area contributed by atoms with Gasteiger partial charge in [0.15, 0.2) is 0 Å². The normalized spacial score (nSPS) is 11.8. The Bertz CT molecular complexity index is 721. The molecule has 0 aliphatic rings. The summed E-state index contributed by atoms with van der Waals surface area (Å²) in [5, 5.41) is 5.61. The lowest BCUT2D eigenvalue weighted by atomic mass is 10.1. The molecule has 1 aromatic heterocycles. The number of aromatic nitrogens is 1. The van der Waals surface area contributed by atoms with Crippen LogP contribution in [0.25, 0.3) is 0 Å². The van der Waals surface area contributed by atoms with Gasteiger partial charge in [0.25, 0.3) is 5.91 Å². The van der Waals surface area contributed by atoms with Crippen LogP contribution >= 0.6 is 0 Å². The van der Waals surface area contributed by atoms with Crippen LogP contribution in [-0.2, 0) is 4.79 Å². The van der Waals surface area contributed by atoms with E-state index in [4.69, 9.17) is 0 Å². The minimum Gasteiger partial charge on any atom is -0.354 e. The van der Waals surface area contributed by atoms with Crippen LogP contribution in [0.3, 0.4) is 0 Å². The number of nitrogens with one attached hydrogen (secondary N) is 2. The van der Waals surface area contributed by atoms with Gasteiger partial charge in [-0.1, -0.05) is 74.8 Å². The number of unbranched alkanes of at least 4 members (excludes halogenated alkanes) is 5. The molecule has 0 aromatic carbocycles. The number of allylic oxidation sites excluding steroid dienone is 8. The summed E-state index contributed by atoms with van der Waals surface area (Å²) in [6.45, 7) is 2.97. The van der Waals surface area contributed by atoms with Crippen molar-refractivity contribution in [2.75, 3.05) is 13.1 Å². The predicted molar refractivity (Wildman–Crippen MR) is 129 cm³/mol. The molecule has 0 fully saturated rings. The predicted octanol–water partition coefficient (Wildman–Crippen LogP) is 5.29. The lowest BCUT2D eigenvalue weighted by molar-refractivity contribution is -0.121. The van der Waals surface area contributed by atoms with Crippen LogP contribution in [0, 0.1) is 0 Å². The molecule has 1 heterocycles. The second kappa shape index (κ2) is 19.0. The highest BCUT2D eigenvalue weighted by Crippen LogP contribution is 2.07. The molecule has 0 unspecified atom stereocenters. The van der Waals surface area contributed by atoms with Crippen LogP contribution in [-0.4, -0.2) is 29.9 Å². The van der Waals surface area contributed by atoms with Gasteiger partial charge in [-0.2, -0.15) is 0 Å². The molecule has 2 N–H and O–H groups in total. The summed E-state index contributed by atoms with van der Waals surface area (Å²) < 4.78 is 0. The number of carbonyl (C=O) groups excluding carboxylic acids is 2. The van der Waals surface area contributed by atoms with Gasteiger partial charge in [-0.3, -0.25) is 14.6 Å². The quantitative estimate of drug-likeness (QED) is 0.280. The molecule has 0 radical (unpaired) electrons. The topological polar surface area (TPSA) is 71.1 Å².